The van der Waals surface area contributed by atoms with E-state index < -0.39 is 0 Å². The summed E-state index contributed by atoms with van der Waals surface area (Å²) in [6.45, 7) is 2.00. The first kappa shape index (κ1) is 17.4. The molecule has 25 heavy (non-hydrogen) atoms. The Morgan fingerprint density at radius 2 is 1.80 bits per heavy atom. The highest BCUT2D eigenvalue weighted by Gasteiger charge is 2.12. The van der Waals surface area contributed by atoms with Crippen LogP contribution in [0.3, 0.4) is 0 Å². The molecule has 0 spiro atoms. The topological polar surface area (TPSA) is 72.7 Å². The fraction of sp³-hybridized carbons (Fsp3) is 0.176. The number of tetrazole rings is 1. The van der Waals surface area contributed by atoms with Gasteiger partial charge in [0.15, 0.2) is 0 Å². The molecule has 0 unspecified atom stereocenters. The zero-order chi connectivity index (χ0) is 17.8. The number of carbonyl (C=O) groups excluding carboxylic acids is 1. The number of halogens is 2. The number of carbonyl (C=O) groups is 1. The van der Waals surface area contributed by atoms with Crippen molar-refractivity contribution in [3.8, 4) is 11.4 Å². The van der Waals surface area contributed by atoms with Crippen molar-refractivity contribution in [2.45, 2.75) is 19.9 Å². The Hall–Kier alpha value is -2.44. The highest BCUT2D eigenvalue weighted by Crippen LogP contribution is 2.29. The van der Waals surface area contributed by atoms with Gasteiger partial charge in [0.05, 0.1) is 15.7 Å². The highest BCUT2D eigenvalue weighted by molar-refractivity contribution is 6.39. The molecular weight excluding hydrogens is 361 g/mol. The normalized spacial score (nSPS) is 10.7. The molecule has 0 saturated heterocycles. The monoisotopic (exact) mass is 375 g/mol. The lowest BCUT2D eigenvalue weighted by Crippen LogP contribution is -2.20. The van der Waals surface area contributed by atoms with Crippen LogP contribution in [0.4, 0.5) is 5.69 Å². The fourth-order valence-corrected chi connectivity index (χ4v) is 2.73. The summed E-state index contributed by atoms with van der Waals surface area (Å²) in [6.07, 6.45) is 0.963. The fourth-order valence-electron chi connectivity index (χ4n) is 2.24. The van der Waals surface area contributed by atoms with Crippen LogP contribution < -0.4 is 5.32 Å². The summed E-state index contributed by atoms with van der Waals surface area (Å²) in [5.41, 5.74) is 2.44. The third-order valence-electron chi connectivity index (χ3n) is 3.59. The van der Waals surface area contributed by atoms with Crippen molar-refractivity contribution in [3.05, 3.63) is 58.1 Å². The summed E-state index contributed by atoms with van der Waals surface area (Å²) in [6, 6.07) is 12.9. The standard InChI is InChI=1S/C17H15Cl2N5O/c1-2-11-6-8-12(9-7-11)17-21-23-24(22-17)10-15(25)20-16-13(18)4-3-5-14(16)19/h3-9H,2,10H2,1H3,(H,20,25). The van der Waals surface area contributed by atoms with Crippen molar-refractivity contribution in [2.24, 2.45) is 0 Å². The molecule has 8 heteroatoms. The van der Waals surface area contributed by atoms with E-state index in [1.807, 2.05) is 24.3 Å². The van der Waals surface area contributed by atoms with Gasteiger partial charge in [0.1, 0.15) is 6.54 Å². The first-order valence-corrected chi connectivity index (χ1v) is 8.43. The number of para-hydroxylation sites is 1. The van der Waals surface area contributed by atoms with Crippen LogP contribution in [0.1, 0.15) is 12.5 Å². The SMILES string of the molecule is CCc1ccc(-c2nnn(CC(=O)Nc3c(Cl)cccc3Cl)n2)cc1. The zero-order valence-corrected chi connectivity index (χ0v) is 14.9. The molecule has 6 nitrogen and oxygen atoms in total. The van der Waals surface area contributed by atoms with Gasteiger partial charge in [-0.05, 0) is 29.3 Å². The number of nitrogens with zero attached hydrogens (tertiary/aromatic N) is 4. The van der Waals surface area contributed by atoms with Crippen LogP contribution in [0.5, 0.6) is 0 Å². The van der Waals surface area contributed by atoms with Gasteiger partial charge in [0, 0.05) is 5.56 Å². The first-order valence-electron chi connectivity index (χ1n) is 7.68. The van der Waals surface area contributed by atoms with Crippen molar-refractivity contribution >= 4 is 34.8 Å². The first-order chi connectivity index (χ1) is 12.1. The Balaban J connectivity index is 1.69. The van der Waals surface area contributed by atoms with Gasteiger partial charge in [-0.15, -0.1) is 10.2 Å². The molecular formula is C17H15Cl2N5O. The van der Waals surface area contributed by atoms with Crippen LogP contribution in [0.15, 0.2) is 42.5 Å². The summed E-state index contributed by atoms with van der Waals surface area (Å²) in [4.78, 5) is 13.4. The molecule has 0 bridgehead atoms. The Bertz CT molecular complexity index is 872. The third kappa shape index (κ3) is 4.15. The van der Waals surface area contributed by atoms with Gasteiger partial charge in [-0.3, -0.25) is 4.79 Å². The summed E-state index contributed by atoms with van der Waals surface area (Å²) >= 11 is 12.1. The van der Waals surface area contributed by atoms with Gasteiger partial charge in [0.25, 0.3) is 0 Å². The minimum absolute atomic E-state index is 0.0956. The maximum Gasteiger partial charge on any atom is 0.248 e. The van der Waals surface area contributed by atoms with E-state index in [-0.39, 0.29) is 12.5 Å². The van der Waals surface area contributed by atoms with Gasteiger partial charge in [-0.25, -0.2) is 0 Å². The van der Waals surface area contributed by atoms with E-state index in [9.17, 15) is 4.79 Å². The number of benzene rings is 2. The van der Waals surface area contributed by atoms with Gasteiger partial charge in [0.2, 0.25) is 11.7 Å². The van der Waals surface area contributed by atoms with Gasteiger partial charge in [-0.2, -0.15) is 4.80 Å². The summed E-state index contributed by atoms with van der Waals surface area (Å²) in [7, 11) is 0. The predicted octanol–water partition coefficient (Wildman–Crippen LogP) is 3.85. The molecule has 0 saturated carbocycles. The quantitative estimate of drug-likeness (QED) is 0.734. The zero-order valence-electron chi connectivity index (χ0n) is 13.4. The lowest BCUT2D eigenvalue weighted by Gasteiger charge is -2.08. The smallest absolute Gasteiger partial charge is 0.248 e. The van der Waals surface area contributed by atoms with Crippen LogP contribution in [-0.4, -0.2) is 26.1 Å². The molecule has 1 aromatic heterocycles. The van der Waals surface area contributed by atoms with E-state index in [0.29, 0.717) is 21.6 Å². The molecule has 0 aliphatic heterocycles. The molecule has 1 N–H and O–H groups in total. The minimum Gasteiger partial charge on any atom is -0.322 e. The average Bonchev–Trinajstić information content (AvgIpc) is 3.07. The van der Waals surface area contributed by atoms with Crippen molar-refractivity contribution in [3.63, 3.8) is 0 Å². The third-order valence-corrected chi connectivity index (χ3v) is 4.22. The van der Waals surface area contributed by atoms with E-state index in [1.165, 1.54) is 10.4 Å². The molecule has 0 atom stereocenters. The molecule has 0 fully saturated rings. The Labute approximate surface area is 154 Å². The van der Waals surface area contributed by atoms with E-state index in [0.717, 1.165) is 12.0 Å². The number of nitrogens with one attached hydrogen (secondary N) is 1. The molecule has 1 heterocycles. The number of hydrogen-bond donors (Lipinski definition) is 1. The summed E-state index contributed by atoms with van der Waals surface area (Å²) in [5, 5.41) is 15.5. The molecule has 0 aliphatic carbocycles. The molecule has 3 rings (SSSR count). The Kier molecular flexibility index (Phi) is 5.31. The van der Waals surface area contributed by atoms with Crippen molar-refractivity contribution < 1.29 is 4.79 Å². The lowest BCUT2D eigenvalue weighted by molar-refractivity contribution is -0.117. The van der Waals surface area contributed by atoms with Crippen LogP contribution in [-0.2, 0) is 17.8 Å². The maximum absolute atomic E-state index is 12.2. The predicted molar refractivity (Wildman–Crippen MR) is 97.7 cm³/mol. The van der Waals surface area contributed by atoms with Crippen molar-refractivity contribution in [1.82, 2.24) is 20.2 Å². The van der Waals surface area contributed by atoms with E-state index in [4.69, 9.17) is 23.2 Å². The number of aryl methyl sites for hydroxylation is 1. The van der Waals surface area contributed by atoms with Crippen LogP contribution >= 0.6 is 23.2 Å². The van der Waals surface area contributed by atoms with Crippen molar-refractivity contribution in [2.75, 3.05) is 5.32 Å². The molecule has 2 aromatic carbocycles. The Morgan fingerprint density at radius 3 is 2.44 bits per heavy atom. The van der Waals surface area contributed by atoms with E-state index in [1.54, 1.807) is 18.2 Å². The molecule has 0 radical (unpaired) electrons. The largest absolute Gasteiger partial charge is 0.322 e. The molecule has 3 aromatic rings. The van der Waals surface area contributed by atoms with E-state index in [2.05, 4.69) is 27.7 Å². The maximum atomic E-state index is 12.2. The summed E-state index contributed by atoms with van der Waals surface area (Å²) in [5.74, 6) is 0.117. The van der Waals surface area contributed by atoms with Gasteiger partial charge >= 0.3 is 0 Å². The second-order valence-electron chi connectivity index (χ2n) is 5.34. The number of aromatic nitrogens is 4. The number of anilines is 1. The van der Waals surface area contributed by atoms with Crippen LogP contribution in [0.25, 0.3) is 11.4 Å². The highest BCUT2D eigenvalue weighted by atomic mass is 35.5. The van der Waals surface area contributed by atoms with E-state index >= 15 is 0 Å². The van der Waals surface area contributed by atoms with Crippen molar-refractivity contribution in [1.29, 1.82) is 0 Å². The average molecular weight is 376 g/mol. The number of amides is 1. The van der Waals surface area contributed by atoms with Crippen LogP contribution in [0.2, 0.25) is 10.0 Å². The Morgan fingerprint density at radius 1 is 1.12 bits per heavy atom. The lowest BCUT2D eigenvalue weighted by atomic mass is 10.1. The van der Waals surface area contributed by atoms with Gasteiger partial charge < -0.3 is 5.32 Å². The number of hydrogen-bond acceptors (Lipinski definition) is 4. The minimum atomic E-state index is -0.347. The summed E-state index contributed by atoms with van der Waals surface area (Å²) < 4.78 is 0. The number of rotatable bonds is 5. The van der Waals surface area contributed by atoms with Gasteiger partial charge in [-0.1, -0.05) is 60.5 Å². The molecule has 128 valence electrons. The second-order valence-corrected chi connectivity index (χ2v) is 6.15. The molecule has 1 amide bonds. The second kappa shape index (κ2) is 7.63. The molecule has 0 aliphatic rings. The van der Waals surface area contributed by atoms with Crippen LogP contribution in [0, 0.1) is 0 Å².